The van der Waals surface area contributed by atoms with Gasteiger partial charge in [-0.3, -0.25) is 9.59 Å². The molecule has 0 fully saturated rings. The van der Waals surface area contributed by atoms with Crippen molar-refractivity contribution in [2.24, 2.45) is 0 Å². The maximum absolute atomic E-state index is 13.8. The van der Waals surface area contributed by atoms with E-state index in [0.29, 0.717) is 18.8 Å². The van der Waals surface area contributed by atoms with Crippen molar-refractivity contribution in [2.75, 3.05) is 7.11 Å². The number of hydrogen-bond donors (Lipinski definition) is 1. The first-order chi connectivity index (χ1) is 17.1. The van der Waals surface area contributed by atoms with Crippen LogP contribution in [0.2, 0.25) is 0 Å². The normalized spacial score (nSPS) is 17.3. The smallest absolute Gasteiger partial charge is 0.247 e. The van der Waals surface area contributed by atoms with Crippen LogP contribution in [0.5, 0.6) is 5.75 Å². The zero-order chi connectivity index (χ0) is 24.4. The van der Waals surface area contributed by atoms with Gasteiger partial charge in [-0.25, -0.2) is 4.98 Å². The van der Waals surface area contributed by atoms with Gasteiger partial charge in [0, 0.05) is 18.7 Å². The average molecular weight is 469 g/mol. The highest BCUT2D eigenvalue weighted by molar-refractivity contribution is 5.90. The van der Waals surface area contributed by atoms with Gasteiger partial charge in [-0.2, -0.15) is 0 Å². The van der Waals surface area contributed by atoms with Gasteiger partial charge in [0.05, 0.1) is 30.6 Å². The van der Waals surface area contributed by atoms with Crippen molar-refractivity contribution in [1.29, 1.82) is 0 Å². The number of para-hydroxylation sites is 3. The fourth-order valence-electron chi connectivity index (χ4n) is 4.78. The first kappa shape index (κ1) is 22.7. The van der Waals surface area contributed by atoms with Crippen LogP contribution in [0.4, 0.5) is 0 Å². The van der Waals surface area contributed by atoms with E-state index in [9.17, 15) is 9.59 Å². The van der Waals surface area contributed by atoms with Gasteiger partial charge in [-0.05, 0) is 30.7 Å². The fraction of sp³-hybridized carbons (Fsp3) is 0.250. The number of hydrogen-bond acceptors (Lipinski definition) is 4. The number of carbonyl (C=O) groups is 2. The van der Waals surface area contributed by atoms with Gasteiger partial charge in [0.2, 0.25) is 11.8 Å². The summed E-state index contributed by atoms with van der Waals surface area (Å²) < 4.78 is 7.34. The van der Waals surface area contributed by atoms with E-state index in [1.807, 2.05) is 95.3 Å². The third-order valence-electron chi connectivity index (χ3n) is 6.59. The SMILES string of the molecule is COc1ccccc1CNC(=O)C[C@@H]1C(=O)N(Cc2ccccc2)[C@H](C)c2nc3ccccc3n21. The van der Waals surface area contributed by atoms with E-state index in [1.54, 1.807) is 7.11 Å². The largest absolute Gasteiger partial charge is 0.496 e. The molecule has 0 radical (unpaired) electrons. The van der Waals surface area contributed by atoms with Crippen LogP contribution in [0.25, 0.3) is 11.0 Å². The minimum atomic E-state index is -0.671. The average Bonchev–Trinajstić information content (AvgIpc) is 3.28. The number of nitrogens with one attached hydrogen (secondary N) is 1. The number of rotatable bonds is 7. The van der Waals surface area contributed by atoms with Gasteiger partial charge in [-0.15, -0.1) is 0 Å². The minimum Gasteiger partial charge on any atom is -0.496 e. The van der Waals surface area contributed by atoms with E-state index >= 15 is 0 Å². The summed E-state index contributed by atoms with van der Waals surface area (Å²) >= 11 is 0. The molecule has 1 aliphatic rings. The molecule has 7 nitrogen and oxygen atoms in total. The van der Waals surface area contributed by atoms with Crippen LogP contribution >= 0.6 is 0 Å². The van der Waals surface area contributed by atoms with E-state index < -0.39 is 6.04 Å². The topological polar surface area (TPSA) is 76.5 Å². The molecular formula is C28H28N4O3. The molecule has 178 valence electrons. The van der Waals surface area contributed by atoms with Crippen molar-refractivity contribution < 1.29 is 14.3 Å². The zero-order valence-corrected chi connectivity index (χ0v) is 19.8. The Bertz CT molecular complexity index is 1370. The molecule has 2 heterocycles. The Morgan fingerprint density at radius 1 is 1.00 bits per heavy atom. The van der Waals surface area contributed by atoms with E-state index in [0.717, 1.165) is 28.0 Å². The highest BCUT2D eigenvalue weighted by Crippen LogP contribution is 2.37. The third kappa shape index (κ3) is 4.37. The monoisotopic (exact) mass is 468 g/mol. The number of benzene rings is 3. The summed E-state index contributed by atoms with van der Waals surface area (Å²) in [4.78, 5) is 33.6. The number of amides is 2. The Morgan fingerprint density at radius 3 is 2.51 bits per heavy atom. The Morgan fingerprint density at radius 2 is 1.71 bits per heavy atom. The summed E-state index contributed by atoms with van der Waals surface area (Å²) in [6.45, 7) is 2.78. The number of methoxy groups -OCH3 is 1. The fourth-order valence-corrected chi connectivity index (χ4v) is 4.78. The van der Waals surface area contributed by atoms with Crippen LogP contribution in [0.15, 0.2) is 78.9 Å². The van der Waals surface area contributed by atoms with Crippen LogP contribution in [-0.2, 0) is 22.7 Å². The molecule has 2 atom stereocenters. The number of fused-ring (bicyclic) bond motifs is 3. The van der Waals surface area contributed by atoms with Crippen LogP contribution in [-0.4, -0.2) is 33.4 Å². The molecule has 0 bridgehead atoms. The Balaban J connectivity index is 1.44. The lowest BCUT2D eigenvalue weighted by Gasteiger charge is -2.38. The minimum absolute atomic E-state index is 0.0271. The Labute approximate surface area is 204 Å². The summed E-state index contributed by atoms with van der Waals surface area (Å²) in [5.41, 5.74) is 3.61. The number of aromatic nitrogens is 2. The standard InChI is InChI=1S/C28H28N4O3/c1-19-27-30-22-13-7-8-14-23(22)32(27)24(28(34)31(19)18-20-10-4-3-5-11-20)16-26(33)29-17-21-12-6-9-15-25(21)35-2/h3-15,19,24H,16-18H2,1-2H3,(H,29,33)/t19-,24-/m1/s1. The van der Waals surface area contributed by atoms with Gasteiger partial charge < -0.3 is 19.5 Å². The number of nitrogens with zero attached hydrogens (tertiary/aromatic N) is 3. The molecular weight excluding hydrogens is 440 g/mol. The van der Waals surface area contributed by atoms with Crippen molar-refractivity contribution in [2.45, 2.75) is 38.5 Å². The first-order valence-corrected chi connectivity index (χ1v) is 11.8. The highest BCUT2D eigenvalue weighted by atomic mass is 16.5. The molecule has 4 aromatic rings. The highest BCUT2D eigenvalue weighted by Gasteiger charge is 2.40. The second-order valence-electron chi connectivity index (χ2n) is 8.76. The molecule has 2 amide bonds. The Kier molecular flexibility index (Phi) is 6.23. The molecule has 3 aromatic carbocycles. The van der Waals surface area contributed by atoms with Crippen LogP contribution in [0, 0.1) is 0 Å². The van der Waals surface area contributed by atoms with E-state index in [-0.39, 0.29) is 24.3 Å². The van der Waals surface area contributed by atoms with Crippen LogP contribution in [0.3, 0.4) is 0 Å². The van der Waals surface area contributed by atoms with E-state index in [2.05, 4.69) is 5.32 Å². The van der Waals surface area contributed by atoms with Crippen LogP contribution < -0.4 is 10.1 Å². The van der Waals surface area contributed by atoms with Crippen molar-refractivity contribution in [3.8, 4) is 5.75 Å². The zero-order valence-electron chi connectivity index (χ0n) is 19.8. The molecule has 0 saturated carbocycles. The molecule has 0 saturated heterocycles. The molecule has 0 aliphatic carbocycles. The first-order valence-electron chi connectivity index (χ1n) is 11.8. The predicted molar refractivity (Wildman–Crippen MR) is 134 cm³/mol. The van der Waals surface area contributed by atoms with Gasteiger partial charge in [0.15, 0.2) is 0 Å². The van der Waals surface area contributed by atoms with Gasteiger partial charge in [0.25, 0.3) is 0 Å². The quantitative estimate of drug-likeness (QED) is 0.436. The lowest BCUT2D eigenvalue weighted by atomic mass is 10.0. The molecule has 0 unspecified atom stereocenters. The van der Waals surface area contributed by atoms with Crippen molar-refractivity contribution in [3.05, 3.63) is 95.8 Å². The summed E-state index contributed by atoms with van der Waals surface area (Å²) in [5, 5.41) is 2.96. The summed E-state index contributed by atoms with van der Waals surface area (Å²) in [7, 11) is 1.61. The molecule has 1 aromatic heterocycles. The number of carbonyl (C=O) groups excluding carboxylic acids is 2. The third-order valence-corrected chi connectivity index (χ3v) is 6.59. The van der Waals surface area contributed by atoms with Crippen LogP contribution in [0.1, 0.15) is 42.4 Å². The van der Waals surface area contributed by atoms with Gasteiger partial charge in [0.1, 0.15) is 17.6 Å². The molecule has 1 aliphatic heterocycles. The van der Waals surface area contributed by atoms with Crippen molar-refractivity contribution in [3.63, 3.8) is 0 Å². The Hall–Kier alpha value is -4.13. The molecule has 5 rings (SSSR count). The molecule has 1 N–H and O–H groups in total. The lowest BCUT2D eigenvalue weighted by Crippen LogP contribution is -2.46. The van der Waals surface area contributed by atoms with E-state index in [1.165, 1.54) is 0 Å². The lowest BCUT2D eigenvalue weighted by molar-refractivity contribution is -0.142. The maximum Gasteiger partial charge on any atom is 0.247 e. The number of ether oxygens (including phenoxy) is 1. The van der Waals surface area contributed by atoms with Gasteiger partial charge >= 0.3 is 0 Å². The predicted octanol–water partition coefficient (Wildman–Crippen LogP) is 4.40. The number of imidazole rings is 1. The second kappa shape index (κ2) is 9.62. The molecule has 0 spiro atoms. The summed E-state index contributed by atoms with van der Waals surface area (Å²) in [5.74, 6) is 1.23. The molecule has 35 heavy (non-hydrogen) atoms. The molecule has 7 heteroatoms. The van der Waals surface area contributed by atoms with E-state index in [4.69, 9.17) is 9.72 Å². The van der Waals surface area contributed by atoms with Crippen molar-refractivity contribution >= 4 is 22.8 Å². The summed E-state index contributed by atoms with van der Waals surface area (Å²) in [6, 6.07) is 24.3. The summed E-state index contributed by atoms with van der Waals surface area (Å²) in [6.07, 6.45) is 0.0271. The maximum atomic E-state index is 13.8. The van der Waals surface area contributed by atoms with Gasteiger partial charge in [-0.1, -0.05) is 60.7 Å². The van der Waals surface area contributed by atoms with Crippen molar-refractivity contribution in [1.82, 2.24) is 19.8 Å². The second-order valence-corrected chi connectivity index (χ2v) is 8.76.